The van der Waals surface area contributed by atoms with Crippen molar-refractivity contribution in [3.63, 3.8) is 0 Å². The number of halogens is 1. The highest BCUT2D eigenvalue weighted by atomic mass is 79.9. The summed E-state index contributed by atoms with van der Waals surface area (Å²) in [5, 5.41) is 5.53. The highest BCUT2D eigenvalue weighted by molar-refractivity contribution is 9.10. The first kappa shape index (κ1) is 25.0. The molecule has 33 heavy (non-hydrogen) atoms. The van der Waals surface area contributed by atoms with E-state index in [4.69, 9.17) is 4.74 Å². The summed E-state index contributed by atoms with van der Waals surface area (Å²) in [6.45, 7) is 0.336. The number of methoxy groups -OCH3 is 1. The summed E-state index contributed by atoms with van der Waals surface area (Å²) in [5.41, 5.74) is 1.14. The molecular formula is C22H27BrN4O5S. The summed E-state index contributed by atoms with van der Waals surface area (Å²) in [6, 6.07) is 7.12. The average Bonchev–Trinajstić information content (AvgIpc) is 2.79. The van der Waals surface area contributed by atoms with Crippen molar-refractivity contribution in [3.8, 4) is 5.88 Å². The number of sulfonamides is 1. The van der Waals surface area contributed by atoms with Crippen molar-refractivity contribution in [3.05, 3.63) is 52.1 Å². The quantitative estimate of drug-likeness (QED) is 0.473. The Labute approximate surface area is 201 Å². The van der Waals surface area contributed by atoms with Crippen LogP contribution in [0.5, 0.6) is 5.88 Å². The second kappa shape index (κ2) is 11.5. The predicted octanol–water partition coefficient (Wildman–Crippen LogP) is 3.15. The van der Waals surface area contributed by atoms with Crippen molar-refractivity contribution in [2.45, 2.75) is 49.5 Å². The number of urea groups is 1. The zero-order valence-corrected chi connectivity index (χ0v) is 20.7. The number of carbonyl (C=O) groups is 2. The number of nitrogens with one attached hydrogen (secondary N) is 3. The minimum absolute atomic E-state index is 0.000902. The van der Waals surface area contributed by atoms with E-state index in [-0.39, 0.29) is 22.7 Å². The smallest absolute Gasteiger partial charge is 0.328 e. The Hall–Kier alpha value is -2.66. The minimum atomic E-state index is -3.97. The Morgan fingerprint density at radius 3 is 2.52 bits per heavy atom. The lowest BCUT2D eigenvalue weighted by molar-refractivity contribution is 0.0950. The van der Waals surface area contributed by atoms with E-state index in [9.17, 15) is 18.0 Å². The van der Waals surface area contributed by atoms with Crippen LogP contribution in [0.15, 0.2) is 45.9 Å². The van der Waals surface area contributed by atoms with E-state index in [2.05, 4.69) is 36.3 Å². The number of amides is 3. The molecule has 0 bridgehead atoms. The van der Waals surface area contributed by atoms with Crippen LogP contribution >= 0.6 is 15.9 Å². The van der Waals surface area contributed by atoms with Gasteiger partial charge in [-0.05, 0) is 59.0 Å². The number of pyridine rings is 1. The molecule has 178 valence electrons. The summed E-state index contributed by atoms with van der Waals surface area (Å²) in [4.78, 5) is 28.6. The molecule has 3 amide bonds. The van der Waals surface area contributed by atoms with Gasteiger partial charge in [0.25, 0.3) is 15.9 Å². The van der Waals surface area contributed by atoms with E-state index in [1.54, 1.807) is 24.4 Å². The molecule has 1 aromatic carbocycles. The highest BCUT2D eigenvalue weighted by Crippen LogP contribution is 2.20. The van der Waals surface area contributed by atoms with Crippen LogP contribution in [0.1, 0.15) is 48.0 Å². The van der Waals surface area contributed by atoms with Gasteiger partial charge in [0.1, 0.15) is 5.56 Å². The van der Waals surface area contributed by atoms with Gasteiger partial charge in [-0.2, -0.15) is 0 Å². The number of carbonyl (C=O) groups excluding carboxylic acids is 2. The first-order valence-corrected chi connectivity index (χ1v) is 13.0. The van der Waals surface area contributed by atoms with Crippen molar-refractivity contribution in [1.82, 2.24) is 20.3 Å². The maximum absolute atomic E-state index is 12.5. The van der Waals surface area contributed by atoms with E-state index in [1.165, 1.54) is 19.2 Å². The van der Waals surface area contributed by atoms with Gasteiger partial charge in [0.2, 0.25) is 5.88 Å². The third-order valence-corrected chi connectivity index (χ3v) is 7.14. The third kappa shape index (κ3) is 7.16. The second-order valence-corrected chi connectivity index (χ2v) is 10.4. The highest BCUT2D eigenvalue weighted by Gasteiger charge is 2.21. The molecule has 1 heterocycles. The maximum Gasteiger partial charge on any atom is 0.328 e. The zero-order chi connectivity index (χ0) is 23.8. The number of aromatic nitrogens is 1. The lowest BCUT2D eigenvalue weighted by Crippen LogP contribution is -2.45. The number of hydrogen-bond donors (Lipinski definition) is 3. The Kier molecular flexibility index (Phi) is 8.67. The largest absolute Gasteiger partial charge is 0.480 e. The van der Waals surface area contributed by atoms with Gasteiger partial charge in [-0.3, -0.25) is 4.79 Å². The van der Waals surface area contributed by atoms with E-state index in [0.29, 0.717) is 23.0 Å². The number of ether oxygens (including phenoxy) is 1. The number of benzene rings is 1. The van der Waals surface area contributed by atoms with Gasteiger partial charge >= 0.3 is 6.03 Å². The molecule has 3 rings (SSSR count). The van der Waals surface area contributed by atoms with Gasteiger partial charge in [-0.15, -0.1) is 0 Å². The standard InChI is InChI=1S/C22H27BrN4O5S/c1-32-21-19(13-16(23)14-25-21)20(28)24-12-11-15-7-9-18(10-8-15)33(30,31)27-22(29)26-17-5-3-2-4-6-17/h7-10,13-14,17H,2-6,11-12H2,1H3,(H,24,28)(H2,26,27,29). The molecule has 0 unspecified atom stereocenters. The monoisotopic (exact) mass is 538 g/mol. The van der Waals surface area contributed by atoms with E-state index < -0.39 is 16.1 Å². The Bertz CT molecular complexity index is 1090. The number of hydrogen-bond acceptors (Lipinski definition) is 6. The lowest BCUT2D eigenvalue weighted by Gasteiger charge is -2.22. The molecule has 0 spiro atoms. The fourth-order valence-corrected chi connectivity index (χ4v) is 4.89. The van der Waals surface area contributed by atoms with Crippen LogP contribution < -0.4 is 20.1 Å². The molecule has 9 nitrogen and oxygen atoms in total. The maximum atomic E-state index is 12.5. The molecule has 1 saturated carbocycles. The molecule has 0 saturated heterocycles. The van der Waals surface area contributed by atoms with Crippen LogP contribution in [-0.4, -0.2) is 45.0 Å². The summed E-state index contributed by atoms with van der Waals surface area (Å²) in [7, 11) is -2.52. The lowest BCUT2D eigenvalue weighted by atomic mass is 9.96. The van der Waals surface area contributed by atoms with E-state index in [1.807, 2.05) is 0 Å². The molecule has 0 radical (unpaired) electrons. The van der Waals surface area contributed by atoms with E-state index in [0.717, 1.165) is 37.7 Å². The Morgan fingerprint density at radius 1 is 1.15 bits per heavy atom. The topological polar surface area (TPSA) is 126 Å². The molecule has 2 aromatic rings. The van der Waals surface area contributed by atoms with Crippen molar-refractivity contribution >= 4 is 37.9 Å². The number of nitrogens with zero attached hydrogens (tertiary/aromatic N) is 1. The van der Waals surface area contributed by atoms with Crippen LogP contribution in [-0.2, 0) is 16.4 Å². The van der Waals surface area contributed by atoms with Crippen LogP contribution in [0.4, 0.5) is 4.79 Å². The van der Waals surface area contributed by atoms with Gasteiger partial charge in [-0.1, -0.05) is 31.4 Å². The van der Waals surface area contributed by atoms with Gasteiger partial charge in [-0.25, -0.2) is 22.9 Å². The second-order valence-electron chi connectivity index (χ2n) is 7.77. The third-order valence-electron chi connectivity index (χ3n) is 5.36. The van der Waals surface area contributed by atoms with Crippen molar-refractivity contribution in [2.75, 3.05) is 13.7 Å². The Balaban J connectivity index is 1.51. The van der Waals surface area contributed by atoms with E-state index >= 15 is 0 Å². The molecule has 0 aliphatic heterocycles. The summed E-state index contributed by atoms with van der Waals surface area (Å²) < 4.78 is 32.8. The van der Waals surface area contributed by atoms with Crippen LogP contribution in [0.2, 0.25) is 0 Å². The molecule has 1 aliphatic carbocycles. The van der Waals surface area contributed by atoms with Crippen LogP contribution in [0.25, 0.3) is 0 Å². The summed E-state index contributed by atoms with van der Waals surface area (Å²) in [5.74, 6) is -0.0988. The predicted molar refractivity (Wildman–Crippen MR) is 127 cm³/mol. The van der Waals surface area contributed by atoms with Gasteiger partial charge in [0, 0.05) is 23.3 Å². The molecule has 1 fully saturated rings. The normalized spacial score (nSPS) is 14.4. The molecule has 1 aromatic heterocycles. The zero-order valence-electron chi connectivity index (χ0n) is 18.3. The van der Waals surface area contributed by atoms with Gasteiger partial charge in [0.05, 0.1) is 12.0 Å². The van der Waals surface area contributed by atoms with Crippen LogP contribution in [0.3, 0.4) is 0 Å². The Morgan fingerprint density at radius 2 is 1.85 bits per heavy atom. The van der Waals surface area contributed by atoms with Gasteiger partial charge < -0.3 is 15.4 Å². The number of rotatable bonds is 8. The van der Waals surface area contributed by atoms with Gasteiger partial charge in [0.15, 0.2) is 0 Å². The fraction of sp³-hybridized carbons (Fsp3) is 0.409. The first-order chi connectivity index (χ1) is 15.8. The minimum Gasteiger partial charge on any atom is -0.480 e. The van der Waals surface area contributed by atoms with Crippen molar-refractivity contribution < 1.29 is 22.7 Å². The summed E-state index contributed by atoms with van der Waals surface area (Å²) >= 11 is 3.28. The fourth-order valence-electron chi connectivity index (χ4n) is 3.65. The molecule has 1 aliphatic rings. The average molecular weight is 539 g/mol. The van der Waals surface area contributed by atoms with Crippen molar-refractivity contribution in [1.29, 1.82) is 0 Å². The molecule has 0 atom stereocenters. The summed E-state index contributed by atoms with van der Waals surface area (Å²) in [6.07, 6.45) is 6.97. The van der Waals surface area contributed by atoms with Crippen LogP contribution in [0, 0.1) is 0 Å². The first-order valence-electron chi connectivity index (χ1n) is 10.7. The SMILES string of the molecule is COc1ncc(Br)cc1C(=O)NCCc1ccc(S(=O)(=O)NC(=O)NC2CCCCC2)cc1. The van der Waals surface area contributed by atoms with Crippen molar-refractivity contribution in [2.24, 2.45) is 0 Å². The molecule has 3 N–H and O–H groups in total. The molecule has 11 heteroatoms. The molecular weight excluding hydrogens is 512 g/mol.